The fourth-order valence-electron chi connectivity index (χ4n) is 2.76. The van der Waals surface area contributed by atoms with E-state index in [1.807, 2.05) is 37.3 Å². The molecule has 158 valence electrons. The summed E-state index contributed by atoms with van der Waals surface area (Å²) in [6.07, 6.45) is 2.43. The molecule has 0 aliphatic heterocycles. The third kappa shape index (κ3) is 5.29. The normalized spacial score (nSPS) is 10.6. The number of nitrogens with zero attached hydrogens (tertiary/aromatic N) is 3. The lowest BCUT2D eigenvalue weighted by Crippen LogP contribution is -2.16. The number of benzene rings is 2. The van der Waals surface area contributed by atoms with E-state index in [2.05, 4.69) is 36.4 Å². The van der Waals surface area contributed by atoms with Crippen LogP contribution in [0, 0.1) is 11.3 Å². The van der Waals surface area contributed by atoms with Crippen LogP contribution in [0.5, 0.6) is 11.5 Å². The van der Waals surface area contributed by atoms with Gasteiger partial charge in [-0.25, -0.2) is 10.4 Å². The molecule has 0 atom stereocenters. The molecule has 3 aromatic rings. The molecule has 0 saturated heterocycles. The van der Waals surface area contributed by atoms with Gasteiger partial charge < -0.3 is 9.47 Å². The van der Waals surface area contributed by atoms with Crippen LogP contribution in [0.2, 0.25) is 0 Å². The molecule has 1 heterocycles. The number of methoxy groups -OCH3 is 1. The molecule has 0 amide bonds. The first-order valence-electron chi connectivity index (χ1n) is 9.46. The van der Waals surface area contributed by atoms with Gasteiger partial charge in [0, 0.05) is 5.56 Å². The summed E-state index contributed by atoms with van der Waals surface area (Å²) in [6.45, 7) is 2.60. The second kappa shape index (κ2) is 10.4. The van der Waals surface area contributed by atoms with E-state index in [-0.39, 0.29) is 17.2 Å². The Balaban J connectivity index is 1.86. The van der Waals surface area contributed by atoms with Gasteiger partial charge in [-0.15, -0.1) is 0 Å². The van der Waals surface area contributed by atoms with Crippen molar-refractivity contribution in [2.75, 3.05) is 19.1 Å². The summed E-state index contributed by atoms with van der Waals surface area (Å²) in [7, 11) is 1.57. The average molecular weight is 482 g/mol. The van der Waals surface area contributed by atoms with Gasteiger partial charge in [-0.05, 0) is 40.0 Å². The van der Waals surface area contributed by atoms with Crippen molar-refractivity contribution in [1.29, 1.82) is 5.26 Å². The fraction of sp³-hybridized carbons (Fsp3) is 0.182. The topological polar surface area (TPSA) is 112 Å². The van der Waals surface area contributed by atoms with E-state index in [0.717, 1.165) is 16.5 Å². The van der Waals surface area contributed by atoms with Gasteiger partial charge in [0.2, 0.25) is 5.95 Å². The third-order valence-electron chi connectivity index (χ3n) is 4.16. The Hall–Kier alpha value is -3.64. The predicted octanol–water partition coefficient (Wildman–Crippen LogP) is 4.31. The van der Waals surface area contributed by atoms with Crippen molar-refractivity contribution in [1.82, 2.24) is 9.97 Å². The van der Waals surface area contributed by atoms with Gasteiger partial charge in [0.25, 0.3) is 5.56 Å². The first-order valence-corrected chi connectivity index (χ1v) is 10.3. The molecule has 0 saturated carbocycles. The Morgan fingerprint density at radius 2 is 2.10 bits per heavy atom. The van der Waals surface area contributed by atoms with Gasteiger partial charge in [0.1, 0.15) is 11.6 Å². The van der Waals surface area contributed by atoms with Crippen LogP contribution >= 0.6 is 15.9 Å². The molecule has 0 spiro atoms. The van der Waals surface area contributed by atoms with E-state index in [1.54, 1.807) is 31.5 Å². The summed E-state index contributed by atoms with van der Waals surface area (Å²) in [5, 5.41) is 13.5. The minimum atomic E-state index is -0.545. The number of anilines is 1. The molecule has 0 aliphatic carbocycles. The summed E-state index contributed by atoms with van der Waals surface area (Å²) in [5.41, 5.74) is 3.78. The number of ether oxygens (including phenoxy) is 2. The maximum absolute atomic E-state index is 12.3. The standard InChI is InChI=1S/C22H20BrN5O3/c1-3-9-31-20-17(23)10-14(11-18(20)30-2)13-25-28-22-26-19(15-7-5-4-6-8-15)16(12-24)21(29)27-22/h4-8,10-11,13H,3,9H2,1-2H3,(H2,26,27,28,29). The van der Waals surface area contributed by atoms with Crippen molar-refractivity contribution >= 4 is 28.1 Å². The van der Waals surface area contributed by atoms with Crippen LogP contribution in [0.3, 0.4) is 0 Å². The van der Waals surface area contributed by atoms with Gasteiger partial charge in [-0.2, -0.15) is 10.4 Å². The smallest absolute Gasteiger partial charge is 0.270 e. The number of halogens is 1. The molecule has 8 nitrogen and oxygen atoms in total. The molecule has 1 aromatic heterocycles. The second-order valence-electron chi connectivity index (χ2n) is 6.37. The van der Waals surface area contributed by atoms with Crippen LogP contribution in [0.15, 0.2) is 56.8 Å². The van der Waals surface area contributed by atoms with Crippen LogP contribution in [-0.2, 0) is 0 Å². The predicted molar refractivity (Wildman–Crippen MR) is 123 cm³/mol. The van der Waals surface area contributed by atoms with Crippen LogP contribution < -0.4 is 20.5 Å². The zero-order valence-corrected chi connectivity index (χ0v) is 18.6. The molecule has 31 heavy (non-hydrogen) atoms. The van der Waals surface area contributed by atoms with Gasteiger partial charge >= 0.3 is 0 Å². The van der Waals surface area contributed by atoms with E-state index >= 15 is 0 Å². The summed E-state index contributed by atoms with van der Waals surface area (Å²) >= 11 is 3.49. The van der Waals surface area contributed by atoms with Crippen LogP contribution in [0.4, 0.5) is 5.95 Å². The van der Waals surface area contributed by atoms with Crippen molar-refractivity contribution in [2.24, 2.45) is 5.10 Å². The van der Waals surface area contributed by atoms with Crippen LogP contribution in [0.25, 0.3) is 11.3 Å². The molecular formula is C22H20BrN5O3. The zero-order valence-electron chi connectivity index (χ0n) is 17.0. The lowest BCUT2D eigenvalue weighted by molar-refractivity contribution is 0.292. The van der Waals surface area contributed by atoms with Gasteiger partial charge in [0.05, 0.1) is 30.1 Å². The number of nitrogens with one attached hydrogen (secondary N) is 2. The molecule has 0 aliphatic rings. The molecule has 0 bridgehead atoms. The molecule has 0 radical (unpaired) electrons. The quantitative estimate of drug-likeness (QED) is 0.366. The van der Waals surface area contributed by atoms with E-state index < -0.39 is 5.56 Å². The molecule has 2 N–H and O–H groups in total. The highest BCUT2D eigenvalue weighted by Gasteiger charge is 2.13. The number of aromatic nitrogens is 2. The Morgan fingerprint density at radius 1 is 1.32 bits per heavy atom. The largest absolute Gasteiger partial charge is 0.493 e. The molecule has 3 rings (SSSR count). The number of H-pyrrole nitrogens is 1. The SMILES string of the molecule is CCCOc1c(Br)cc(C=NNc2nc(-c3ccccc3)c(C#N)c(=O)[nH]2)cc1OC. The van der Waals surface area contributed by atoms with Crippen molar-refractivity contribution in [3.8, 4) is 28.8 Å². The summed E-state index contributed by atoms with van der Waals surface area (Å²) < 4.78 is 11.9. The zero-order chi connectivity index (χ0) is 22.2. The van der Waals surface area contributed by atoms with E-state index in [1.165, 1.54) is 0 Å². The van der Waals surface area contributed by atoms with Crippen molar-refractivity contribution in [2.45, 2.75) is 13.3 Å². The Labute approximate surface area is 187 Å². The molecule has 0 unspecified atom stereocenters. The highest BCUT2D eigenvalue weighted by atomic mass is 79.9. The Bertz CT molecular complexity index is 1190. The summed E-state index contributed by atoms with van der Waals surface area (Å²) in [6, 6.07) is 14.5. The number of nitriles is 1. The third-order valence-corrected chi connectivity index (χ3v) is 4.75. The number of aromatic amines is 1. The fourth-order valence-corrected chi connectivity index (χ4v) is 3.34. The first-order chi connectivity index (χ1) is 15.1. The van der Waals surface area contributed by atoms with E-state index in [0.29, 0.717) is 23.7 Å². The molecular weight excluding hydrogens is 462 g/mol. The molecule has 2 aromatic carbocycles. The van der Waals surface area contributed by atoms with Crippen LogP contribution in [-0.4, -0.2) is 29.9 Å². The highest BCUT2D eigenvalue weighted by molar-refractivity contribution is 9.10. The monoisotopic (exact) mass is 481 g/mol. The van der Waals surface area contributed by atoms with Crippen molar-refractivity contribution < 1.29 is 9.47 Å². The van der Waals surface area contributed by atoms with Crippen LogP contribution in [0.1, 0.15) is 24.5 Å². The number of rotatable bonds is 8. The second-order valence-corrected chi connectivity index (χ2v) is 7.22. The number of hydrazone groups is 1. The highest BCUT2D eigenvalue weighted by Crippen LogP contribution is 2.36. The minimum Gasteiger partial charge on any atom is -0.493 e. The minimum absolute atomic E-state index is 0.0583. The average Bonchev–Trinajstić information content (AvgIpc) is 2.78. The first kappa shape index (κ1) is 22.1. The maximum atomic E-state index is 12.3. The van der Waals surface area contributed by atoms with E-state index in [4.69, 9.17) is 9.47 Å². The lowest BCUT2D eigenvalue weighted by atomic mass is 10.1. The molecule has 9 heteroatoms. The van der Waals surface area contributed by atoms with Crippen molar-refractivity contribution in [3.05, 3.63) is 68.4 Å². The molecule has 0 fully saturated rings. The van der Waals surface area contributed by atoms with Gasteiger partial charge in [0.15, 0.2) is 11.5 Å². The van der Waals surface area contributed by atoms with E-state index in [9.17, 15) is 10.1 Å². The van der Waals surface area contributed by atoms with Gasteiger partial charge in [-0.1, -0.05) is 37.3 Å². The van der Waals surface area contributed by atoms with Gasteiger partial charge in [-0.3, -0.25) is 9.78 Å². The number of hydrogen-bond donors (Lipinski definition) is 2. The Morgan fingerprint density at radius 3 is 2.77 bits per heavy atom. The number of hydrogen-bond acceptors (Lipinski definition) is 7. The maximum Gasteiger partial charge on any atom is 0.270 e. The summed E-state index contributed by atoms with van der Waals surface area (Å²) in [4.78, 5) is 19.2. The summed E-state index contributed by atoms with van der Waals surface area (Å²) in [5.74, 6) is 1.31. The lowest BCUT2D eigenvalue weighted by Gasteiger charge is -2.12. The Kier molecular flexibility index (Phi) is 7.40. The van der Waals surface area contributed by atoms with Crippen molar-refractivity contribution in [3.63, 3.8) is 0 Å².